The second-order valence-corrected chi connectivity index (χ2v) is 5.42. The number of rotatable bonds is 3. The lowest BCUT2D eigenvalue weighted by Crippen LogP contribution is -2.59. The molecule has 4 heteroatoms. The lowest BCUT2D eigenvalue weighted by Gasteiger charge is -2.37. The Hall–Kier alpha value is -1.84. The van der Waals surface area contributed by atoms with E-state index in [9.17, 15) is 9.59 Å². The summed E-state index contributed by atoms with van der Waals surface area (Å²) in [6, 6.07) is 9.17. The van der Waals surface area contributed by atoms with Gasteiger partial charge in [0.05, 0.1) is 12.5 Å². The van der Waals surface area contributed by atoms with Crippen molar-refractivity contribution in [1.29, 1.82) is 0 Å². The normalized spacial score (nSPS) is 23.7. The minimum absolute atomic E-state index is 0.0740. The molecule has 1 aromatic rings. The van der Waals surface area contributed by atoms with Gasteiger partial charge in [-0.3, -0.25) is 9.69 Å². The Balaban J connectivity index is 2.19. The number of nitrogens with zero attached hydrogens (tertiary/aromatic N) is 1. The van der Waals surface area contributed by atoms with E-state index in [-0.39, 0.29) is 29.8 Å². The molecule has 2 atom stereocenters. The largest absolute Gasteiger partial charge is 0.334 e. The van der Waals surface area contributed by atoms with Crippen LogP contribution in [0.1, 0.15) is 26.3 Å². The van der Waals surface area contributed by atoms with Gasteiger partial charge in [-0.15, -0.1) is 0 Å². The molecule has 0 aliphatic carbocycles. The van der Waals surface area contributed by atoms with Crippen LogP contribution in [0.3, 0.4) is 0 Å². The Bertz CT molecular complexity index is 470. The van der Waals surface area contributed by atoms with Gasteiger partial charge in [0.1, 0.15) is 0 Å². The van der Waals surface area contributed by atoms with E-state index in [2.05, 4.69) is 5.32 Å². The molecule has 102 valence electrons. The summed E-state index contributed by atoms with van der Waals surface area (Å²) in [5, 5.41) is 2.88. The van der Waals surface area contributed by atoms with Crippen LogP contribution in [0.15, 0.2) is 30.3 Å². The van der Waals surface area contributed by atoms with E-state index in [0.29, 0.717) is 6.54 Å². The Morgan fingerprint density at radius 1 is 1.21 bits per heavy atom. The highest BCUT2D eigenvalue weighted by Gasteiger charge is 2.40. The Kier molecular flexibility index (Phi) is 3.88. The van der Waals surface area contributed by atoms with Crippen molar-refractivity contribution in [3.63, 3.8) is 0 Å². The zero-order valence-electron chi connectivity index (χ0n) is 11.6. The average Bonchev–Trinajstić information content (AvgIpc) is 2.35. The van der Waals surface area contributed by atoms with Crippen LogP contribution < -0.4 is 5.32 Å². The average molecular weight is 260 g/mol. The lowest BCUT2D eigenvalue weighted by molar-refractivity contribution is -0.137. The third-order valence-electron chi connectivity index (χ3n) is 3.59. The van der Waals surface area contributed by atoms with E-state index in [1.807, 2.05) is 51.1 Å². The van der Waals surface area contributed by atoms with Gasteiger partial charge < -0.3 is 5.32 Å². The number of carbonyl (C=O) groups excluding carboxylic acids is 2. The van der Waals surface area contributed by atoms with Gasteiger partial charge in [-0.1, -0.05) is 44.2 Å². The van der Waals surface area contributed by atoms with Crippen molar-refractivity contribution in [3.8, 4) is 0 Å². The molecule has 1 saturated heterocycles. The van der Waals surface area contributed by atoms with Crippen molar-refractivity contribution in [2.24, 2.45) is 11.8 Å². The van der Waals surface area contributed by atoms with Gasteiger partial charge in [0.25, 0.3) is 0 Å². The summed E-state index contributed by atoms with van der Waals surface area (Å²) in [7, 11) is 0. The van der Waals surface area contributed by atoms with E-state index < -0.39 is 0 Å². The minimum atomic E-state index is -0.293. The first-order valence-electron chi connectivity index (χ1n) is 6.66. The molecule has 0 aromatic heterocycles. The van der Waals surface area contributed by atoms with Crippen molar-refractivity contribution in [2.75, 3.05) is 0 Å². The van der Waals surface area contributed by atoms with E-state index in [1.54, 1.807) is 0 Å². The van der Waals surface area contributed by atoms with Crippen molar-refractivity contribution in [1.82, 2.24) is 10.2 Å². The predicted octanol–water partition coefficient (Wildman–Crippen LogP) is 2.40. The maximum atomic E-state index is 12.5. The molecule has 0 saturated carbocycles. The first-order valence-corrected chi connectivity index (χ1v) is 6.66. The van der Waals surface area contributed by atoms with Crippen LogP contribution in [0.4, 0.5) is 4.79 Å². The van der Waals surface area contributed by atoms with Crippen LogP contribution in [0.2, 0.25) is 0 Å². The molecule has 1 fully saturated rings. The Morgan fingerprint density at radius 3 is 2.42 bits per heavy atom. The second-order valence-electron chi connectivity index (χ2n) is 5.42. The number of benzene rings is 1. The molecule has 4 nitrogen and oxygen atoms in total. The zero-order valence-corrected chi connectivity index (χ0v) is 11.6. The molecule has 3 amide bonds. The van der Waals surface area contributed by atoms with Gasteiger partial charge in [-0.25, -0.2) is 4.79 Å². The summed E-state index contributed by atoms with van der Waals surface area (Å²) < 4.78 is 0. The molecule has 1 aliphatic heterocycles. The van der Waals surface area contributed by atoms with E-state index >= 15 is 0 Å². The number of imide groups is 1. The van der Waals surface area contributed by atoms with Gasteiger partial charge in [-0.05, 0) is 18.4 Å². The smallest absolute Gasteiger partial charge is 0.324 e. The van der Waals surface area contributed by atoms with Crippen molar-refractivity contribution >= 4 is 11.9 Å². The number of hydrogen-bond acceptors (Lipinski definition) is 2. The number of amides is 3. The second kappa shape index (κ2) is 5.43. The third kappa shape index (κ3) is 2.78. The fourth-order valence-electron chi connectivity index (χ4n) is 2.63. The topological polar surface area (TPSA) is 49.4 Å². The molecule has 0 spiro atoms. The zero-order chi connectivity index (χ0) is 14.0. The van der Waals surface area contributed by atoms with Gasteiger partial charge in [0.2, 0.25) is 5.91 Å². The van der Waals surface area contributed by atoms with Crippen molar-refractivity contribution < 1.29 is 9.59 Å². The summed E-state index contributed by atoms with van der Waals surface area (Å²) in [5.74, 6) is -0.0158. The van der Waals surface area contributed by atoms with Crippen LogP contribution in [0.25, 0.3) is 0 Å². The van der Waals surface area contributed by atoms with Gasteiger partial charge in [0.15, 0.2) is 0 Å². The molecule has 2 unspecified atom stereocenters. The molecule has 1 N–H and O–H groups in total. The van der Waals surface area contributed by atoms with Crippen LogP contribution in [0, 0.1) is 11.8 Å². The first-order chi connectivity index (χ1) is 9.00. The molecule has 2 rings (SSSR count). The maximum Gasteiger partial charge on any atom is 0.324 e. The number of nitrogens with one attached hydrogen (secondary N) is 1. The summed E-state index contributed by atoms with van der Waals surface area (Å²) in [4.78, 5) is 25.8. The van der Waals surface area contributed by atoms with Crippen LogP contribution >= 0.6 is 0 Å². The minimum Gasteiger partial charge on any atom is -0.334 e. The monoisotopic (exact) mass is 260 g/mol. The molecular weight excluding hydrogens is 240 g/mol. The van der Waals surface area contributed by atoms with Crippen molar-refractivity contribution in [2.45, 2.75) is 33.4 Å². The number of carbonyl (C=O) groups is 2. The summed E-state index contributed by atoms with van der Waals surface area (Å²) >= 11 is 0. The fourth-order valence-corrected chi connectivity index (χ4v) is 2.63. The highest BCUT2D eigenvalue weighted by molar-refractivity contribution is 5.98. The predicted molar refractivity (Wildman–Crippen MR) is 73.3 cm³/mol. The third-order valence-corrected chi connectivity index (χ3v) is 3.59. The molecule has 1 heterocycles. The standard InChI is InChI=1S/C15H20N2O2/c1-10(2)13-11(3)16-15(19)17(14(13)18)9-12-7-5-4-6-8-12/h4-8,10-11,13H,9H2,1-3H3,(H,16,19). The van der Waals surface area contributed by atoms with E-state index in [1.165, 1.54) is 4.90 Å². The van der Waals surface area contributed by atoms with Crippen LogP contribution in [-0.2, 0) is 11.3 Å². The van der Waals surface area contributed by atoms with Crippen LogP contribution in [-0.4, -0.2) is 22.9 Å². The molecule has 19 heavy (non-hydrogen) atoms. The highest BCUT2D eigenvalue weighted by atomic mass is 16.2. The number of urea groups is 1. The summed E-state index contributed by atoms with van der Waals surface area (Å²) in [6.07, 6.45) is 0. The molecular formula is C15H20N2O2. The van der Waals surface area contributed by atoms with Gasteiger partial charge in [0, 0.05) is 6.04 Å². The molecule has 0 bridgehead atoms. The van der Waals surface area contributed by atoms with Gasteiger partial charge >= 0.3 is 6.03 Å². The van der Waals surface area contributed by atoms with Crippen LogP contribution in [0.5, 0.6) is 0 Å². The summed E-state index contributed by atoms with van der Waals surface area (Å²) in [5.41, 5.74) is 0.961. The SMILES string of the molecule is CC(C)C1C(=O)N(Cc2ccccc2)C(=O)NC1C. The Labute approximate surface area is 113 Å². The maximum absolute atomic E-state index is 12.5. The van der Waals surface area contributed by atoms with Gasteiger partial charge in [-0.2, -0.15) is 0 Å². The molecule has 1 aliphatic rings. The van der Waals surface area contributed by atoms with Crippen molar-refractivity contribution in [3.05, 3.63) is 35.9 Å². The quantitative estimate of drug-likeness (QED) is 0.907. The summed E-state index contributed by atoms with van der Waals surface area (Å²) in [6.45, 7) is 6.25. The fraction of sp³-hybridized carbons (Fsp3) is 0.467. The highest BCUT2D eigenvalue weighted by Crippen LogP contribution is 2.23. The molecule has 1 aromatic carbocycles. The number of hydrogen-bond donors (Lipinski definition) is 1. The lowest BCUT2D eigenvalue weighted by atomic mass is 9.86. The first kappa shape index (κ1) is 13.6. The Morgan fingerprint density at radius 2 is 1.84 bits per heavy atom. The van der Waals surface area contributed by atoms with E-state index in [4.69, 9.17) is 0 Å². The molecule has 0 radical (unpaired) electrons. The van der Waals surface area contributed by atoms with E-state index in [0.717, 1.165) is 5.56 Å².